The van der Waals surface area contributed by atoms with Crippen molar-refractivity contribution < 1.29 is 13.7 Å². The van der Waals surface area contributed by atoms with Crippen LogP contribution in [0.1, 0.15) is 5.56 Å². The van der Waals surface area contributed by atoms with Gasteiger partial charge in [0.05, 0.1) is 19.0 Å². The lowest BCUT2D eigenvalue weighted by atomic mass is 10.2. The molecule has 1 aromatic carbocycles. The smallest absolute Gasteiger partial charge is 0.123 e. The maximum absolute atomic E-state index is 11.5. The van der Waals surface area contributed by atoms with Crippen LogP contribution in [-0.4, -0.2) is 36.0 Å². The predicted octanol–water partition coefficient (Wildman–Crippen LogP) is 0.919. The van der Waals surface area contributed by atoms with E-state index in [1.807, 2.05) is 24.3 Å². The minimum atomic E-state index is -0.883. The molecule has 1 atom stereocenters. The summed E-state index contributed by atoms with van der Waals surface area (Å²) >= 11 is 0. The van der Waals surface area contributed by atoms with Gasteiger partial charge in [-0.2, -0.15) is 0 Å². The molecule has 0 aliphatic heterocycles. The molecule has 0 heterocycles. The minimum absolute atomic E-state index is 0.438. The third kappa shape index (κ3) is 5.30. The van der Waals surface area contributed by atoms with Crippen LogP contribution >= 0.6 is 0 Å². The summed E-state index contributed by atoms with van der Waals surface area (Å²) in [7, 11) is 0.719. The summed E-state index contributed by atoms with van der Waals surface area (Å²) in [5.74, 6) is 1.85. The van der Waals surface area contributed by atoms with Crippen molar-refractivity contribution in [2.45, 2.75) is 6.54 Å². The number of ether oxygens (including phenoxy) is 2. The van der Waals surface area contributed by atoms with Crippen LogP contribution in [0.2, 0.25) is 0 Å². The first-order chi connectivity index (χ1) is 8.27. The maximum atomic E-state index is 11.5. The second-order valence-corrected chi connectivity index (χ2v) is 5.20. The zero-order valence-corrected chi connectivity index (χ0v) is 10.9. The Balaban J connectivity index is 2.33. The maximum Gasteiger partial charge on any atom is 0.123 e. The zero-order valence-electron chi connectivity index (χ0n) is 10.1. The lowest BCUT2D eigenvalue weighted by Crippen LogP contribution is -2.14. The van der Waals surface area contributed by atoms with E-state index in [1.165, 1.54) is 0 Å². The Bertz CT molecular complexity index is 357. The average Bonchev–Trinajstić information content (AvgIpc) is 2.37. The first-order valence-corrected chi connectivity index (χ1v) is 7.01. The number of methoxy groups -OCH3 is 1. The number of hydrogen-bond donors (Lipinski definition) is 1. The monoisotopic (exact) mass is 257 g/mol. The molecule has 0 radical (unpaired) electrons. The van der Waals surface area contributed by atoms with E-state index in [2.05, 4.69) is 0 Å². The highest BCUT2D eigenvalue weighted by Crippen LogP contribution is 2.16. The van der Waals surface area contributed by atoms with Gasteiger partial charge in [0.2, 0.25) is 0 Å². The lowest BCUT2D eigenvalue weighted by Gasteiger charge is -2.09. The van der Waals surface area contributed by atoms with E-state index in [0.717, 1.165) is 11.3 Å². The van der Waals surface area contributed by atoms with Gasteiger partial charge in [-0.3, -0.25) is 4.21 Å². The summed E-state index contributed by atoms with van der Waals surface area (Å²) in [6.45, 7) is 1.41. The van der Waals surface area contributed by atoms with Crippen molar-refractivity contribution in [3.63, 3.8) is 0 Å². The van der Waals surface area contributed by atoms with Crippen molar-refractivity contribution in [3.05, 3.63) is 29.8 Å². The zero-order chi connectivity index (χ0) is 12.5. The molecule has 1 rings (SSSR count). The van der Waals surface area contributed by atoms with Crippen LogP contribution in [-0.2, 0) is 22.1 Å². The number of hydrogen-bond acceptors (Lipinski definition) is 4. The van der Waals surface area contributed by atoms with Gasteiger partial charge in [-0.25, -0.2) is 0 Å². The molecule has 96 valence electrons. The highest BCUT2D eigenvalue weighted by molar-refractivity contribution is 7.85. The molecule has 1 aromatic rings. The molecule has 0 spiro atoms. The number of benzene rings is 1. The van der Waals surface area contributed by atoms with Crippen molar-refractivity contribution in [2.24, 2.45) is 5.73 Å². The highest BCUT2D eigenvalue weighted by Gasteiger charge is 2.03. The quantitative estimate of drug-likeness (QED) is 0.752. The number of para-hydroxylation sites is 1. The summed E-state index contributed by atoms with van der Waals surface area (Å²) in [6, 6.07) is 7.62. The molecular formula is C12H19NO3S. The molecule has 17 heavy (non-hydrogen) atoms. The normalized spacial score (nSPS) is 12.4. The second kappa shape index (κ2) is 8.22. The van der Waals surface area contributed by atoms with Gasteiger partial charge in [0.15, 0.2) is 0 Å². The van der Waals surface area contributed by atoms with Crippen LogP contribution in [0, 0.1) is 0 Å². The molecule has 1 unspecified atom stereocenters. The van der Waals surface area contributed by atoms with Crippen molar-refractivity contribution in [1.29, 1.82) is 0 Å². The molecular weight excluding hydrogens is 238 g/mol. The fourth-order valence-electron chi connectivity index (χ4n) is 1.34. The third-order valence-corrected chi connectivity index (χ3v) is 3.52. The number of nitrogens with two attached hydrogens (primary N) is 1. The molecule has 0 aliphatic carbocycles. The van der Waals surface area contributed by atoms with E-state index in [1.54, 1.807) is 7.11 Å². The molecule has 0 bridgehead atoms. The number of rotatable bonds is 8. The Kier molecular flexibility index (Phi) is 6.84. The van der Waals surface area contributed by atoms with Crippen LogP contribution in [0.15, 0.2) is 24.3 Å². The molecule has 0 aromatic heterocycles. The van der Waals surface area contributed by atoms with Crippen LogP contribution in [0.5, 0.6) is 5.75 Å². The second-order valence-electron chi connectivity index (χ2n) is 3.50. The molecule has 0 aliphatic rings. The van der Waals surface area contributed by atoms with Gasteiger partial charge in [-0.05, 0) is 6.07 Å². The SMILES string of the molecule is COCCS(=O)CCOc1ccccc1CN. The van der Waals surface area contributed by atoms with E-state index >= 15 is 0 Å². The summed E-state index contributed by atoms with van der Waals surface area (Å²) in [4.78, 5) is 0. The van der Waals surface area contributed by atoms with Crippen molar-refractivity contribution in [1.82, 2.24) is 0 Å². The van der Waals surface area contributed by atoms with Crippen molar-refractivity contribution >= 4 is 10.8 Å². The van der Waals surface area contributed by atoms with Crippen molar-refractivity contribution in [2.75, 3.05) is 31.8 Å². The van der Waals surface area contributed by atoms with E-state index in [-0.39, 0.29) is 0 Å². The predicted molar refractivity (Wildman–Crippen MR) is 69.6 cm³/mol. The van der Waals surface area contributed by atoms with E-state index in [4.69, 9.17) is 15.2 Å². The molecule has 0 saturated heterocycles. The van der Waals surface area contributed by atoms with Gasteiger partial charge in [-0.1, -0.05) is 18.2 Å². The summed E-state index contributed by atoms with van der Waals surface area (Å²) < 4.78 is 21.9. The molecule has 0 saturated carbocycles. The Labute approximate surface area is 105 Å². The fourth-order valence-corrected chi connectivity index (χ4v) is 2.16. The van der Waals surface area contributed by atoms with E-state index in [9.17, 15) is 4.21 Å². The van der Waals surface area contributed by atoms with Gasteiger partial charge in [0.25, 0.3) is 0 Å². The van der Waals surface area contributed by atoms with Crippen LogP contribution in [0.25, 0.3) is 0 Å². The molecule has 5 heteroatoms. The van der Waals surface area contributed by atoms with E-state index < -0.39 is 10.8 Å². The van der Waals surface area contributed by atoms with Gasteiger partial charge in [-0.15, -0.1) is 0 Å². The first kappa shape index (κ1) is 14.2. The molecule has 2 N–H and O–H groups in total. The summed E-state index contributed by atoms with van der Waals surface area (Å²) in [5, 5.41) is 0. The standard InChI is InChI=1S/C12H19NO3S/c1-15-6-8-17(14)9-7-16-12-5-3-2-4-11(12)10-13/h2-5H,6-10,13H2,1H3. The highest BCUT2D eigenvalue weighted by atomic mass is 32.2. The summed E-state index contributed by atoms with van der Waals surface area (Å²) in [5.41, 5.74) is 6.56. The molecule has 4 nitrogen and oxygen atoms in total. The molecule has 0 amide bonds. The van der Waals surface area contributed by atoms with Gasteiger partial charge < -0.3 is 15.2 Å². The molecule has 0 fully saturated rings. The van der Waals surface area contributed by atoms with Gasteiger partial charge >= 0.3 is 0 Å². The Morgan fingerprint density at radius 3 is 2.65 bits per heavy atom. The third-order valence-electron chi connectivity index (χ3n) is 2.28. The largest absolute Gasteiger partial charge is 0.492 e. The summed E-state index contributed by atoms with van der Waals surface area (Å²) in [6.07, 6.45) is 0. The fraction of sp³-hybridized carbons (Fsp3) is 0.500. The van der Waals surface area contributed by atoms with Crippen LogP contribution < -0.4 is 10.5 Å². The Morgan fingerprint density at radius 1 is 1.24 bits per heavy atom. The minimum Gasteiger partial charge on any atom is -0.492 e. The first-order valence-electron chi connectivity index (χ1n) is 5.52. The van der Waals surface area contributed by atoms with Gasteiger partial charge in [0, 0.05) is 35.8 Å². The Hall–Kier alpha value is -0.910. The van der Waals surface area contributed by atoms with Crippen LogP contribution in [0.4, 0.5) is 0 Å². The van der Waals surface area contributed by atoms with E-state index in [0.29, 0.717) is 31.3 Å². The van der Waals surface area contributed by atoms with Gasteiger partial charge in [0.1, 0.15) is 5.75 Å². The van der Waals surface area contributed by atoms with Crippen LogP contribution in [0.3, 0.4) is 0 Å². The Morgan fingerprint density at radius 2 is 1.94 bits per heavy atom. The van der Waals surface area contributed by atoms with Crippen molar-refractivity contribution in [3.8, 4) is 5.75 Å². The lowest BCUT2D eigenvalue weighted by molar-refractivity contribution is 0.218. The average molecular weight is 257 g/mol. The topological polar surface area (TPSA) is 61.5 Å².